The van der Waals surface area contributed by atoms with Crippen LogP contribution in [0.5, 0.6) is 0 Å². The molecule has 1 amide bonds. The van der Waals surface area contributed by atoms with Gasteiger partial charge in [-0.15, -0.1) is 0 Å². The highest BCUT2D eigenvalue weighted by molar-refractivity contribution is 5.76. The Balaban J connectivity index is 3.56. The van der Waals surface area contributed by atoms with Gasteiger partial charge in [-0.1, -0.05) is 168 Å². The van der Waals surface area contributed by atoms with Gasteiger partial charge < -0.3 is 15.5 Å². The molecule has 0 aliphatic heterocycles. The van der Waals surface area contributed by atoms with E-state index in [0.29, 0.717) is 12.8 Å². The van der Waals surface area contributed by atoms with E-state index < -0.39 is 18.2 Å². The molecule has 38 heavy (non-hydrogen) atoms. The predicted octanol–water partition coefficient (Wildman–Crippen LogP) is 9.79. The smallest absolute Gasteiger partial charge is 0.220 e. The Morgan fingerprint density at radius 1 is 0.526 bits per heavy atom. The van der Waals surface area contributed by atoms with Gasteiger partial charge in [-0.25, -0.2) is 0 Å². The van der Waals surface area contributed by atoms with E-state index in [1.54, 1.807) is 6.92 Å². The van der Waals surface area contributed by atoms with Gasteiger partial charge in [0.15, 0.2) is 0 Å². The maximum atomic E-state index is 12.3. The molecular formula is C34H69NO3. The van der Waals surface area contributed by atoms with Crippen molar-refractivity contribution in [1.82, 2.24) is 5.32 Å². The van der Waals surface area contributed by atoms with Crippen LogP contribution in [0.15, 0.2) is 0 Å². The van der Waals surface area contributed by atoms with Crippen molar-refractivity contribution in [3.05, 3.63) is 0 Å². The first kappa shape index (κ1) is 37.4. The van der Waals surface area contributed by atoms with E-state index >= 15 is 0 Å². The van der Waals surface area contributed by atoms with Gasteiger partial charge in [0.1, 0.15) is 0 Å². The summed E-state index contributed by atoms with van der Waals surface area (Å²) in [4.78, 5) is 12.3. The number of rotatable bonds is 30. The van der Waals surface area contributed by atoms with Crippen LogP contribution in [0.3, 0.4) is 0 Å². The predicted molar refractivity (Wildman–Crippen MR) is 166 cm³/mol. The largest absolute Gasteiger partial charge is 0.390 e. The Bertz CT molecular complexity index is 484. The maximum absolute atomic E-state index is 12.3. The topological polar surface area (TPSA) is 69.6 Å². The molecule has 0 aromatic heterocycles. The van der Waals surface area contributed by atoms with E-state index in [0.717, 1.165) is 25.7 Å². The zero-order valence-corrected chi connectivity index (χ0v) is 26.1. The van der Waals surface area contributed by atoms with Gasteiger partial charge >= 0.3 is 0 Å². The molecular weight excluding hydrogens is 470 g/mol. The molecule has 4 heteroatoms. The third-order valence-corrected chi connectivity index (χ3v) is 8.16. The fraction of sp³-hybridized carbons (Fsp3) is 0.971. The Labute approximate surface area is 238 Å². The third-order valence-electron chi connectivity index (χ3n) is 8.16. The second kappa shape index (κ2) is 29.4. The van der Waals surface area contributed by atoms with E-state index in [4.69, 9.17) is 0 Å². The van der Waals surface area contributed by atoms with E-state index in [-0.39, 0.29) is 5.91 Å². The number of carbonyl (C=O) groups excluding carboxylic acids is 1. The molecule has 4 nitrogen and oxygen atoms in total. The monoisotopic (exact) mass is 540 g/mol. The van der Waals surface area contributed by atoms with Crippen molar-refractivity contribution in [2.24, 2.45) is 0 Å². The van der Waals surface area contributed by atoms with E-state index in [1.807, 2.05) is 0 Å². The van der Waals surface area contributed by atoms with Gasteiger partial charge in [-0.2, -0.15) is 0 Å². The highest BCUT2D eigenvalue weighted by Crippen LogP contribution is 2.15. The van der Waals surface area contributed by atoms with Crippen LogP contribution < -0.4 is 5.32 Å². The number of aliphatic hydroxyl groups excluding tert-OH is 2. The molecule has 0 aromatic carbocycles. The first-order chi connectivity index (χ1) is 18.5. The minimum absolute atomic E-state index is 0.00261. The minimum atomic E-state index is -0.890. The van der Waals surface area contributed by atoms with E-state index in [1.165, 1.54) is 135 Å². The van der Waals surface area contributed by atoms with Gasteiger partial charge in [0, 0.05) is 6.42 Å². The van der Waals surface area contributed by atoms with Crippen LogP contribution in [0.25, 0.3) is 0 Å². The summed E-state index contributed by atoms with van der Waals surface area (Å²) >= 11 is 0. The van der Waals surface area contributed by atoms with E-state index in [2.05, 4.69) is 19.2 Å². The van der Waals surface area contributed by atoms with Crippen molar-refractivity contribution in [3.63, 3.8) is 0 Å². The fourth-order valence-electron chi connectivity index (χ4n) is 5.41. The average Bonchev–Trinajstić information content (AvgIpc) is 2.91. The number of amides is 1. The molecule has 0 aliphatic rings. The van der Waals surface area contributed by atoms with Gasteiger partial charge in [0.05, 0.1) is 18.2 Å². The standard InChI is InChI=1S/C34H69NO3/c1-4-6-8-10-12-14-16-18-20-22-24-26-28-30-33(37)35-31(3)34(38)32(36)29-27-25-23-21-19-17-15-13-11-9-7-5-2/h31-32,34,36,38H,4-30H2,1-3H3,(H,35,37)/t31-,32+,34-/m0/s1. The summed E-state index contributed by atoms with van der Waals surface area (Å²) in [7, 11) is 0. The molecule has 0 rings (SSSR count). The molecule has 0 heterocycles. The minimum Gasteiger partial charge on any atom is -0.390 e. The summed E-state index contributed by atoms with van der Waals surface area (Å²) in [5, 5.41) is 23.7. The Kier molecular flexibility index (Phi) is 28.9. The number of unbranched alkanes of at least 4 members (excludes halogenated alkanes) is 23. The van der Waals surface area contributed by atoms with Crippen LogP contribution in [-0.4, -0.2) is 34.4 Å². The Hall–Kier alpha value is -0.610. The summed E-state index contributed by atoms with van der Waals surface area (Å²) in [5.41, 5.74) is 0. The normalized spacial score (nSPS) is 13.9. The molecule has 0 unspecified atom stereocenters. The van der Waals surface area contributed by atoms with Crippen LogP contribution in [0.1, 0.15) is 194 Å². The molecule has 0 radical (unpaired) electrons. The van der Waals surface area contributed by atoms with Gasteiger partial charge in [0.25, 0.3) is 0 Å². The number of carbonyl (C=O) groups is 1. The average molecular weight is 540 g/mol. The first-order valence-corrected chi connectivity index (χ1v) is 17.2. The van der Waals surface area contributed by atoms with Crippen molar-refractivity contribution < 1.29 is 15.0 Å². The van der Waals surface area contributed by atoms with Crippen molar-refractivity contribution >= 4 is 5.91 Å². The van der Waals surface area contributed by atoms with E-state index in [9.17, 15) is 15.0 Å². The van der Waals surface area contributed by atoms with Crippen LogP contribution in [0.4, 0.5) is 0 Å². The van der Waals surface area contributed by atoms with Crippen molar-refractivity contribution in [1.29, 1.82) is 0 Å². The zero-order valence-electron chi connectivity index (χ0n) is 26.1. The quantitative estimate of drug-likeness (QED) is 0.0795. The SMILES string of the molecule is CCCCCCCCCCCCCCCC(=O)N[C@@H](C)[C@H](O)[C@H](O)CCCCCCCCCCCCCC. The molecule has 0 saturated carbocycles. The Morgan fingerprint density at radius 2 is 0.842 bits per heavy atom. The fourth-order valence-corrected chi connectivity index (χ4v) is 5.41. The number of nitrogens with one attached hydrogen (secondary N) is 1. The second-order valence-corrected chi connectivity index (χ2v) is 12.1. The molecule has 3 atom stereocenters. The van der Waals surface area contributed by atoms with Gasteiger partial charge in [-0.3, -0.25) is 4.79 Å². The molecule has 3 N–H and O–H groups in total. The summed E-state index contributed by atoms with van der Waals surface area (Å²) in [6.45, 7) is 6.34. The molecule has 0 bridgehead atoms. The highest BCUT2D eigenvalue weighted by Gasteiger charge is 2.23. The highest BCUT2D eigenvalue weighted by atomic mass is 16.3. The zero-order chi connectivity index (χ0) is 28.1. The lowest BCUT2D eigenvalue weighted by Crippen LogP contribution is -2.46. The number of hydrogen-bond acceptors (Lipinski definition) is 3. The third kappa shape index (κ3) is 25.7. The lowest BCUT2D eigenvalue weighted by Gasteiger charge is -2.25. The van der Waals surface area contributed by atoms with Crippen molar-refractivity contribution in [2.45, 2.75) is 212 Å². The molecule has 0 aromatic rings. The molecule has 0 saturated heterocycles. The lowest BCUT2D eigenvalue weighted by atomic mass is 9.99. The number of hydrogen-bond donors (Lipinski definition) is 3. The summed E-state index contributed by atoms with van der Waals surface area (Å²) < 4.78 is 0. The maximum Gasteiger partial charge on any atom is 0.220 e. The van der Waals surface area contributed by atoms with Crippen LogP contribution >= 0.6 is 0 Å². The van der Waals surface area contributed by atoms with Crippen LogP contribution in [0.2, 0.25) is 0 Å². The molecule has 228 valence electrons. The number of aliphatic hydroxyl groups is 2. The summed E-state index contributed by atoms with van der Waals surface area (Å²) in [6.07, 6.45) is 31.8. The Morgan fingerprint density at radius 3 is 1.21 bits per heavy atom. The van der Waals surface area contributed by atoms with Crippen LogP contribution in [0, 0.1) is 0 Å². The van der Waals surface area contributed by atoms with Gasteiger partial charge in [0.2, 0.25) is 5.91 Å². The van der Waals surface area contributed by atoms with Crippen molar-refractivity contribution in [2.75, 3.05) is 0 Å². The second-order valence-electron chi connectivity index (χ2n) is 12.1. The molecule has 0 aliphatic carbocycles. The van der Waals surface area contributed by atoms with Gasteiger partial charge in [-0.05, 0) is 19.8 Å². The van der Waals surface area contributed by atoms with Crippen LogP contribution in [-0.2, 0) is 4.79 Å². The lowest BCUT2D eigenvalue weighted by molar-refractivity contribution is -0.123. The van der Waals surface area contributed by atoms with Crippen molar-refractivity contribution in [3.8, 4) is 0 Å². The molecule has 0 spiro atoms. The summed E-state index contributed by atoms with van der Waals surface area (Å²) in [5.74, 6) is -0.00261. The molecule has 0 fully saturated rings. The first-order valence-electron chi connectivity index (χ1n) is 17.2. The summed E-state index contributed by atoms with van der Waals surface area (Å²) in [6, 6.07) is -0.406.